The number of furan rings is 1. The molecular formula is C88H63BN2O. The van der Waals surface area contributed by atoms with E-state index in [0.717, 1.165) is 56.1 Å². The Morgan fingerprint density at radius 2 is 0.804 bits per heavy atom. The minimum absolute atomic E-state index is 0.0576. The normalized spacial score (nSPS) is 13.1. The van der Waals surface area contributed by atoms with Gasteiger partial charge in [0.05, 0.1) is 22.4 Å². The van der Waals surface area contributed by atoms with E-state index >= 15 is 0 Å². The average molecular weight is 1180 g/mol. The lowest BCUT2D eigenvalue weighted by Crippen LogP contribution is -2.60. The van der Waals surface area contributed by atoms with Crippen LogP contribution in [-0.4, -0.2) is 11.3 Å². The second kappa shape index (κ2) is 19.3. The molecule has 0 saturated carbocycles. The highest BCUT2D eigenvalue weighted by atomic mass is 16.3. The summed E-state index contributed by atoms with van der Waals surface area (Å²) in [4.78, 5) is 2.59. The third-order valence-corrected chi connectivity index (χ3v) is 20.6. The van der Waals surface area contributed by atoms with E-state index in [2.05, 4.69) is 324 Å². The molecule has 434 valence electrons. The molecule has 0 aliphatic carbocycles. The molecule has 0 N–H and O–H groups in total. The molecule has 2 aliphatic rings. The highest BCUT2D eigenvalue weighted by molar-refractivity contribution is 7.00. The quantitative estimate of drug-likeness (QED) is 0.127. The van der Waals surface area contributed by atoms with Crippen LogP contribution in [0.25, 0.3) is 148 Å². The molecule has 2 aliphatic heterocycles. The van der Waals surface area contributed by atoms with Crippen molar-refractivity contribution in [2.75, 3.05) is 4.90 Å². The summed E-state index contributed by atoms with van der Waals surface area (Å²) in [6.07, 6.45) is 0. The van der Waals surface area contributed by atoms with Gasteiger partial charge in [-0.3, -0.25) is 0 Å². The highest BCUT2D eigenvalue weighted by Crippen LogP contribution is 2.54. The Kier molecular flexibility index (Phi) is 11.1. The van der Waals surface area contributed by atoms with Gasteiger partial charge < -0.3 is 13.9 Å². The van der Waals surface area contributed by atoms with Crippen LogP contribution >= 0.6 is 0 Å². The molecule has 0 spiro atoms. The molecular weight excluding hydrogens is 1110 g/mol. The Hall–Kier alpha value is -10.9. The summed E-state index contributed by atoms with van der Waals surface area (Å²) < 4.78 is 10.5. The summed E-state index contributed by atoms with van der Waals surface area (Å²) in [6.45, 7) is 13.6. The maximum absolute atomic E-state index is 7.78. The summed E-state index contributed by atoms with van der Waals surface area (Å²) in [5, 5.41) is 18.7. The van der Waals surface area contributed by atoms with Crippen LogP contribution in [0.5, 0.6) is 0 Å². The van der Waals surface area contributed by atoms with Gasteiger partial charge in [0.2, 0.25) is 0 Å². The van der Waals surface area contributed by atoms with Crippen molar-refractivity contribution in [1.82, 2.24) is 4.57 Å². The molecule has 15 aromatic carbocycles. The molecule has 0 radical (unpaired) electrons. The third kappa shape index (κ3) is 7.52. The molecule has 2 aromatic heterocycles. The molecule has 92 heavy (non-hydrogen) atoms. The fraction of sp³-hybridized carbons (Fsp3) is 0.0909. The van der Waals surface area contributed by atoms with Gasteiger partial charge in [-0.05, 0) is 186 Å². The number of hydrogen-bond acceptors (Lipinski definition) is 2. The first-order valence-corrected chi connectivity index (χ1v) is 32.5. The van der Waals surface area contributed by atoms with Gasteiger partial charge >= 0.3 is 0 Å². The fourth-order valence-electron chi connectivity index (χ4n) is 16.4. The Balaban J connectivity index is 1.07. The van der Waals surface area contributed by atoms with Crippen LogP contribution in [0, 0.1) is 0 Å². The van der Waals surface area contributed by atoms with Crippen molar-refractivity contribution in [2.24, 2.45) is 0 Å². The van der Waals surface area contributed by atoms with Gasteiger partial charge in [-0.25, -0.2) is 0 Å². The lowest BCUT2D eigenvalue weighted by atomic mass is 9.35. The van der Waals surface area contributed by atoms with Gasteiger partial charge in [0.15, 0.2) is 0 Å². The standard InChI is InChI=1S/C88H63BN2O/c1-87(2,3)57-38-41-59(42-39-57)90-75-48-56(78-69(53-26-12-8-13-27-53)46-55(52-24-10-7-11-25-52)47-70(78)54-28-14-9-15-29-54)49-76-83(75)89(86-84(90)72-50-58(88(4,5)6)40-45-77(72)92-86)73-51-71-65-35-19-17-31-61(65)63-33-21-23-37-67(63)80(71)82-81-74(91(76)85(73)82)44-43-68-64-34-18-16-30-60(64)62-32-20-22-36-66(62)79(68)81/h7-51H,1-6H3. The second-order valence-corrected chi connectivity index (χ2v) is 27.8. The maximum Gasteiger partial charge on any atom is 0.297 e. The molecule has 0 fully saturated rings. The summed E-state index contributed by atoms with van der Waals surface area (Å²) in [7, 11) is 0. The first kappa shape index (κ1) is 53.0. The van der Waals surface area contributed by atoms with E-state index in [0.29, 0.717) is 0 Å². The van der Waals surface area contributed by atoms with E-state index in [-0.39, 0.29) is 17.5 Å². The van der Waals surface area contributed by atoms with Crippen LogP contribution in [0.4, 0.5) is 17.1 Å². The Morgan fingerprint density at radius 1 is 0.337 bits per heavy atom. The van der Waals surface area contributed by atoms with Crippen molar-refractivity contribution in [3.05, 3.63) is 284 Å². The van der Waals surface area contributed by atoms with E-state index in [9.17, 15) is 0 Å². The third-order valence-electron chi connectivity index (χ3n) is 20.6. The molecule has 0 amide bonds. The van der Waals surface area contributed by atoms with Crippen LogP contribution in [-0.2, 0) is 10.8 Å². The van der Waals surface area contributed by atoms with E-state index in [1.54, 1.807) is 0 Å². The predicted molar refractivity (Wildman–Crippen MR) is 394 cm³/mol. The van der Waals surface area contributed by atoms with Crippen molar-refractivity contribution in [2.45, 2.75) is 52.4 Å². The van der Waals surface area contributed by atoms with Crippen LogP contribution in [0.1, 0.15) is 52.7 Å². The number of hydrogen-bond donors (Lipinski definition) is 0. The van der Waals surface area contributed by atoms with Gasteiger partial charge in [-0.1, -0.05) is 260 Å². The second-order valence-electron chi connectivity index (χ2n) is 27.8. The molecule has 3 nitrogen and oxygen atoms in total. The van der Waals surface area contributed by atoms with Crippen LogP contribution in [0.2, 0.25) is 0 Å². The monoisotopic (exact) mass is 1170 g/mol. The summed E-state index contributed by atoms with van der Waals surface area (Å²) in [5.74, 6) is 0. The van der Waals surface area contributed by atoms with Crippen molar-refractivity contribution >= 4 is 138 Å². The number of anilines is 3. The summed E-state index contributed by atoms with van der Waals surface area (Å²) in [5.41, 5.74) is 22.8. The first-order valence-electron chi connectivity index (χ1n) is 32.5. The lowest BCUT2D eigenvalue weighted by molar-refractivity contribution is 0.590. The van der Waals surface area contributed by atoms with Gasteiger partial charge in [-0.15, -0.1) is 0 Å². The summed E-state index contributed by atoms with van der Waals surface area (Å²) in [6, 6.07) is 103. The Labute approximate surface area is 535 Å². The van der Waals surface area contributed by atoms with E-state index in [4.69, 9.17) is 4.42 Å². The van der Waals surface area contributed by atoms with Crippen LogP contribution in [0.15, 0.2) is 277 Å². The number of fused-ring (bicyclic) bond motifs is 23. The minimum Gasteiger partial charge on any atom is -0.468 e. The van der Waals surface area contributed by atoms with Crippen molar-refractivity contribution < 1.29 is 4.42 Å². The zero-order valence-corrected chi connectivity index (χ0v) is 52.4. The molecule has 0 unspecified atom stereocenters. The topological polar surface area (TPSA) is 21.3 Å². The SMILES string of the molecule is CC(C)(C)c1ccc(N2c3cc(-c4c(-c5ccccc5)cc(-c5ccccc5)cc4-c4ccccc4)cc4c3B(c3oc5ccc(C(C)(C)C)cc5c32)c2cc3c5ccccc5c5ccccc5c3c3c5c6c7ccccc7c7ccccc7c6ccc5n-4c23)cc1. The fourth-order valence-corrected chi connectivity index (χ4v) is 16.4. The zero-order valence-electron chi connectivity index (χ0n) is 52.4. The molecule has 19 rings (SSSR count). The van der Waals surface area contributed by atoms with E-state index < -0.39 is 0 Å². The minimum atomic E-state index is -0.319. The lowest BCUT2D eigenvalue weighted by Gasteiger charge is -2.39. The van der Waals surface area contributed by atoms with Crippen molar-refractivity contribution in [3.8, 4) is 50.2 Å². The zero-order chi connectivity index (χ0) is 61.5. The molecule has 17 aromatic rings. The van der Waals surface area contributed by atoms with E-state index in [1.807, 2.05) is 0 Å². The van der Waals surface area contributed by atoms with Gasteiger partial charge in [-0.2, -0.15) is 0 Å². The predicted octanol–water partition coefficient (Wildman–Crippen LogP) is 22.3. The molecule has 0 bridgehead atoms. The van der Waals surface area contributed by atoms with Gasteiger partial charge in [0.1, 0.15) is 5.58 Å². The summed E-state index contributed by atoms with van der Waals surface area (Å²) >= 11 is 0. The Bertz CT molecular complexity index is 5910. The number of nitrogens with zero attached hydrogens (tertiary/aromatic N) is 2. The van der Waals surface area contributed by atoms with Gasteiger partial charge in [0.25, 0.3) is 6.71 Å². The number of aromatic nitrogens is 1. The van der Waals surface area contributed by atoms with Crippen molar-refractivity contribution in [1.29, 1.82) is 0 Å². The maximum atomic E-state index is 7.78. The van der Waals surface area contributed by atoms with Gasteiger partial charge in [0, 0.05) is 44.0 Å². The Morgan fingerprint density at radius 3 is 1.36 bits per heavy atom. The molecule has 4 heterocycles. The average Bonchev–Trinajstić information content (AvgIpc) is 1.44. The number of rotatable bonds is 5. The molecule has 4 heteroatoms. The van der Waals surface area contributed by atoms with Crippen LogP contribution < -0.4 is 21.5 Å². The molecule has 0 saturated heterocycles. The molecule has 0 atom stereocenters. The first-order chi connectivity index (χ1) is 44.9. The van der Waals surface area contributed by atoms with E-state index in [1.165, 1.54) is 136 Å². The number of benzene rings is 15. The van der Waals surface area contributed by atoms with Crippen molar-refractivity contribution in [3.63, 3.8) is 0 Å². The van der Waals surface area contributed by atoms with Crippen LogP contribution in [0.3, 0.4) is 0 Å². The smallest absolute Gasteiger partial charge is 0.297 e. The largest absolute Gasteiger partial charge is 0.468 e. The highest BCUT2D eigenvalue weighted by Gasteiger charge is 2.47.